The minimum absolute atomic E-state index is 0.182. The second-order valence-electron chi connectivity index (χ2n) is 5.56. The van der Waals surface area contributed by atoms with Gasteiger partial charge in [0.25, 0.3) is 0 Å². The lowest BCUT2D eigenvalue weighted by Crippen LogP contribution is -2.30. The highest BCUT2D eigenvalue weighted by molar-refractivity contribution is 5.86. The van der Waals surface area contributed by atoms with Crippen molar-refractivity contribution in [3.63, 3.8) is 0 Å². The number of benzene rings is 2. The van der Waals surface area contributed by atoms with Gasteiger partial charge in [0.05, 0.1) is 6.61 Å². The van der Waals surface area contributed by atoms with Crippen LogP contribution in [0.3, 0.4) is 0 Å². The van der Waals surface area contributed by atoms with Crippen LogP contribution in [0.5, 0.6) is 0 Å². The Hall–Kier alpha value is -1.49. The number of aliphatic hydroxyl groups is 1. The van der Waals surface area contributed by atoms with Gasteiger partial charge in [0.1, 0.15) is 18.3 Å². The van der Waals surface area contributed by atoms with E-state index in [4.69, 9.17) is 9.47 Å². The molecule has 21 heavy (non-hydrogen) atoms. The predicted octanol–water partition coefficient (Wildman–Crippen LogP) is 2.93. The van der Waals surface area contributed by atoms with E-state index in [1.165, 1.54) is 7.11 Å². The van der Waals surface area contributed by atoms with Crippen LogP contribution < -0.4 is 0 Å². The minimum Gasteiger partial charge on any atom is -0.387 e. The summed E-state index contributed by atoms with van der Waals surface area (Å²) in [6.45, 7) is 2.16. The molecule has 0 spiro atoms. The zero-order valence-electron chi connectivity index (χ0n) is 12.1. The first-order valence-electron chi connectivity index (χ1n) is 7.07. The van der Waals surface area contributed by atoms with E-state index in [2.05, 4.69) is 6.07 Å². The lowest BCUT2D eigenvalue weighted by atomic mass is 9.95. The van der Waals surface area contributed by atoms with Crippen molar-refractivity contribution in [2.75, 3.05) is 13.7 Å². The second kappa shape index (κ2) is 5.72. The van der Waals surface area contributed by atoms with Crippen LogP contribution in [0.15, 0.2) is 36.4 Å². The van der Waals surface area contributed by atoms with Crippen molar-refractivity contribution in [1.82, 2.24) is 0 Å². The van der Waals surface area contributed by atoms with Crippen molar-refractivity contribution in [2.24, 2.45) is 0 Å². The Balaban J connectivity index is 2.04. The minimum atomic E-state index is -1.45. The monoisotopic (exact) mass is 290 g/mol. The van der Waals surface area contributed by atoms with Crippen LogP contribution in [-0.2, 0) is 9.47 Å². The number of ether oxygens (including phenoxy) is 2. The maximum atomic E-state index is 14.5. The summed E-state index contributed by atoms with van der Waals surface area (Å²) in [6.07, 6.45) is -4.00. The van der Waals surface area contributed by atoms with E-state index in [1.807, 2.05) is 37.3 Å². The SMILES string of the molecule is COC[C@H]1O[C@@H](c2cc(C)cc3ccccc23)[C@H](F)[C@@H]1O. The first-order chi connectivity index (χ1) is 10.1. The van der Waals surface area contributed by atoms with Gasteiger partial charge in [-0.3, -0.25) is 0 Å². The van der Waals surface area contributed by atoms with Crippen molar-refractivity contribution >= 4 is 10.8 Å². The molecule has 1 N–H and O–H groups in total. The molecule has 2 aromatic rings. The highest BCUT2D eigenvalue weighted by Crippen LogP contribution is 2.39. The number of aryl methyl sites for hydroxylation is 1. The molecule has 0 unspecified atom stereocenters. The van der Waals surface area contributed by atoms with Gasteiger partial charge >= 0.3 is 0 Å². The predicted molar refractivity (Wildman–Crippen MR) is 79.1 cm³/mol. The normalized spacial score (nSPS) is 29.1. The lowest BCUT2D eigenvalue weighted by molar-refractivity contribution is -0.0335. The van der Waals surface area contributed by atoms with Crippen LogP contribution in [0, 0.1) is 6.92 Å². The number of fused-ring (bicyclic) bond motifs is 1. The molecule has 0 amide bonds. The van der Waals surface area contributed by atoms with Crippen molar-refractivity contribution in [3.05, 3.63) is 47.5 Å². The molecule has 2 aromatic carbocycles. The largest absolute Gasteiger partial charge is 0.387 e. The molecule has 4 atom stereocenters. The van der Waals surface area contributed by atoms with Gasteiger partial charge in [0.2, 0.25) is 0 Å². The fourth-order valence-corrected chi connectivity index (χ4v) is 3.01. The average Bonchev–Trinajstić information content (AvgIpc) is 2.75. The Morgan fingerprint density at radius 3 is 2.81 bits per heavy atom. The molecule has 1 aliphatic rings. The summed E-state index contributed by atoms with van der Waals surface area (Å²) in [5, 5.41) is 12.0. The second-order valence-corrected chi connectivity index (χ2v) is 5.56. The fraction of sp³-hybridized carbons (Fsp3) is 0.412. The first-order valence-corrected chi connectivity index (χ1v) is 7.07. The van der Waals surface area contributed by atoms with E-state index in [9.17, 15) is 9.50 Å². The number of methoxy groups -OCH3 is 1. The maximum absolute atomic E-state index is 14.5. The molecule has 4 heteroatoms. The lowest BCUT2D eigenvalue weighted by Gasteiger charge is -2.17. The van der Waals surface area contributed by atoms with E-state index < -0.39 is 24.5 Å². The molecule has 0 bridgehead atoms. The molecule has 3 rings (SSSR count). The number of hydrogen-bond donors (Lipinski definition) is 1. The van der Waals surface area contributed by atoms with E-state index in [-0.39, 0.29) is 6.61 Å². The fourth-order valence-electron chi connectivity index (χ4n) is 3.01. The molecule has 3 nitrogen and oxygen atoms in total. The Labute approximate surface area is 123 Å². The Kier molecular flexibility index (Phi) is 3.93. The van der Waals surface area contributed by atoms with Crippen molar-refractivity contribution < 1.29 is 19.0 Å². The van der Waals surface area contributed by atoms with E-state index in [1.54, 1.807) is 0 Å². The maximum Gasteiger partial charge on any atom is 0.159 e. The molecule has 1 heterocycles. The number of hydrogen-bond acceptors (Lipinski definition) is 3. The highest BCUT2D eigenvalue weighted by atomic mass is 19.1. The Morgan fingerprint density at radius 1 is 1.29 bits per heavy atom. The van der Waals surface area contributed by atoms with Gasteiger partial charge in [-0.1, -0.05) is 42.0 Å². The Bertz CT molecular complexity index is 643. The summed E-state index contributed by atoms with van der Waals surface area (Å²) in [4.78, 5) is 0. The summed E-state index contributed by atoms with van der Waals surface area (Å²) in [5.74, 6) is 0. The summed E-state index contributed by atoms with van der Waals surface area (Å²) in [7, 11) is 1.51. The van der Waals surface area contributed by atoms with Crippen LogP contribution in [0.1, 0.15) is 17.2 Å². The topological polar surface area (TPSA) is 38.7 Å². The van der Waals surface area contributed by atoms with Gasteiger partial charge in [-0.2, -0.15) is 0 Å². The van der Waals surface area contributed by atoms with Crippen LogP contribution in [0.2, 0.25) is 0 Å². The molecule has 0 radical (unpaired) electrons. The number of rotatable bonds is 3. The van der Waals surface area contributed by atoms with Crippen molar-refractivity contribution in [2.45, 2.75) is 31.4 Å². The molecule has 1 fully saturated rings. The zero-order valence-corrected chi connectivity index (χ0v) is 12.1. The Morgan fingerprint density at radius 2 is 2.05 bits per heavy atom. The van der Waals surface area contributed by atoms with Gasteiger partial charge in [0.15, 0.2) is 6.17 Å². The molecular weight excluding hydrogens is 271 g/mol. The number of halogens is 1. The smallest absolute Gasteiger partial charge is 0.159 e. The zero-order chi connectivity index (χ0) is 15.0. The summed E-state index contributed by atoms with van der Waals surface area (Å²) in [5.41, 5.74) is 1.83. The summed E-state index contributed by atoms with van der Waals surface area (Å²) < 4.78 is 25.2. The molecule has 1 saturated heterocycles. The summed E-state index contributed by atoms with van der Waals surface area (Å²) >= 11 is 0. The van der Waals surface area contributed by atoms with E-state index >= 15 is 0 Å². The average molecular weight is 290 g/mol. The van der Waals surface area contributed by atoms with Crippen molar-refractivity contribution in [1.29, 1.82) is 0 Å². The van der Waals surface area contributed by atoms with Crippen LogP contribution >= 0.6 is 0 Å². The van der Waals surface area contributed by atoms with Gasteiger partial charge < -0.3 is 14.6 Å². The number of alkyl halides is 1. The van der Waals surface area contributed by atoms with Crippen LogP contribution in [-0.4, -0.2) is 37.2 Å². The first kappa shape index (κ1) is 14.4. The van der Waals surface area contributed by atoms with E-state index in [0.717, 1.165) is 21.9 Å². The molecule has 0 aliphatic carbocycles. The molecule has 0 saturated carbocycles. The molecule has 0 aromatic heterocycles. The summed E-state index contributed by atoms with van der Waals surface area (Å²) in [6, 6.07) is 11.8. The van der Waals surface area contributed by atoms with Gasteiger partial charge in [-0.15, -0.1) is 0 Å². The third-order valence-electron chi connectivity index (χ3n) is 3.99. The molecule has 1 aliphatic heterocycles. The highest BCUT2D eigenvalue weighted by Gasteiger charge is 2.45. The standard InChI is InChI=1S/C17H19FO3/c1-10-7-11-5-3-4-6-12(11)13(8-10)17-15(18)16(19)14(21-17)9-20-2/h3-8,14-17,19H,9H2,1-2H3/t14-,15-,16-,17+/m1/s1. The quantitative estimate of drug-likeness (QED) is 0.944. The third kappa shape index (κ3) is 2.55. The van der Waals surface area contributed by atoms with Gasteiger partial charge in [-0.05, 0) is 23.3 Å². The van der Waals surface area contributed by atoms with Crippen LogP contribution in [0.25, 0.3) is 10.8 Å². The number of aliphatic hydroxyl groups excluding tert-OH is 1. The van der Waals surface area contributed by atoms with Crippen molar-refractivity contribution in [3.8, 4) is 0 Å². The molecular formula is C17H19FO3. The van der Waals surface area contributed by atoms with Crippen LogP contribution in [0.4, 0.5) is 4.39 Å². The van der Waals surface area contributed by atoms with E-state index in [0.29, 0.717) is 0 Å². The molecule has 112 valence electrons. The van der Waals surface area contributed by atoms with Gasteiger partial charge in [-0.25, -0.2) is 4.39 Å². The van der Waals surface area contributed by atoms with Gasteiger partial charge in [0, 0.05) is 7.11 Å². The third-order valence-corrected chi connectivity index (χ3v) is 3.99.